The minimum atomic E-state index is -2.86. The standard InChI is InChI=1S/C15H15N3O3S/c19-22(20)6-5-10(8-22)7-16-15-14-13(17-9-18-15)11-3-1-2-4-12(11)21-14/h1-4,9-10H,5-8H2,(H,16,17,18). The second-order valence-electron chi connectivity index (χ2n) is 5.65. The van der Waals surface area contributed by atoms with Gasteiger partial charge in [-0.15, -0.1) is 0 Å². The number of nitrogens with one attached hydrogen (secondary N) is 1. The lowest BCUT2D eigenvalue weighted by atomic mass is 10.1. The number of nitrogens with zero attached hydrogens (tertiary/aromatic N) is 2. The van der Waals surface area contributed by atoms with E-state index in [1.165, 1.54) is 6.33 Å². The second kappa shape index (κ2) is 4.95. The van der Waals surface area contributed by atoms with Crippen LogP contribution in [0, 0.1) is 5.92 Å². The van der Waals surface area contributed by atoms with Crippen molar-refractivity contribution in [3.8, 4) is 0 Å². The summed E-state index contributed by atoms with van der Waals surface area (Å²) in [6, 6.07) is 7.70. The van der Waals surface area contributed by atoms with E-state index in [0.29, 0.717) is 24.4 Å². The third-order valence-corrected chi connectivity index (χ3v) is 5.88. The lowest BCUT2D eigenvalue weighted by molar-refractivity contribution is 0.595. The molecule has 2 aromatic heterocycles. The summed E-state index contributed by atoms with van der Waals surface area (Å²) in [5.41, 5.74) is 2.15. The Morgan fingerprint density at radius 3 is 2.95 bits per heavy atom. The monoisotopic (exact) mass is 317 g/mol. The summed E-state index contributed by atoms with van der Waals surface area (Å²) < 4.78 is 28.9. The van der Waals surface area contributed by atoms with Crippen LogP contribution in [-0.2, 0) is 9.84 Å². The maximum atomic E-state index is 11.5. The fourth-order valence-electron chi connectivity index (χ4n) is 2.92. The Bertz CT molecular complexity index is 949. The number of anilines is 1. The van der Waals surface area contributed by atoms with E-state index in [9.17, 15) is 8.42 Å². The lowest BCUT2D eigenvalue weighted by Gasteiger charge is -2.09. The number of furan rings is 1. The van der Waals surface area contributed by atoms with Crippen LogP contribution in [0.4, 0.5) is 5.82 Å². The van der Waals surface area contributed by atoms with Gasteiger partial charge in [0.25, 0.3) is 0 Å². The number of aromatic nitrogens is 2. The molecule has 22 heavy (non-hydrogen) atoms. The number of sulfone groups is 1. The zero-order valence-electron chi connectivity index (χ0n) is 11.8. The minimum absolute atomic E-state index is 0.124. The normalized spacial score (nSPS) is 20.6. The third kappa shape index (κ3) is 2.31. The molecule has 0 bridgehead atoms. The number of rotatable bonds is 3. The summed E-state index contributed by atoms with van der Waals surface area (Å²) in [4.78, 5) is 8.53. The Morgan fingerprint density at radius 2 is 2.14 bits per heavy atom. The molecule has 0 radical (unpaired) electrons. The van der Waals surface area contributed by atoms with Crippen molar-refractivity contribution < 1.29 is 12.8 Å². The number of hydrogen-bond donors (Lipinski definition) is 1. The molecule has 0 aliphatic carbocycles. The molecular weight excluding hydrogens is 302 g/mol. The fourth-order valence-corrected chi connectivity index (χ4v) is 4.79. The van der Waals surface area contributed by atoms with Crippen molar-refractivity contribution in [3.05, 3.63) is 30.6 Å². The summed E-state index contributed by atoms with van der Waals surface area (Å²) in [5, 5.41) is 4.17. The topological polar surface area (TPSA) is 85.1 Å². The van der Waals surface area contributed by atoms with Crippen LogP contribution in [0.3, 0.4) is 0 Å². The van der Waals surface area contributed by atoms with E-state index in [-0.39, 0.29) is 17.4 Å². The van der Waals surface area contributed by atoms with Crippen molar-refractivity contribution in [3.63, 3.8) is 0 Å². The highest BCUT2D eigenvalue weighted by Crippen LogP contribution is 2.30. The van der Waals surface area contributed by atoms with Crippen LogP contribution >= 0.6 is 0 Å². The van der Waals surface area contributed by atoms with E-state index in [1.807, 2.05) is 24.3 Å². The third-order valence-electron chi connectivity index (χ3n) is 4.04. The van der Waals surface area contributed by atoms with Gasteiger partial charge in [0.15, 0.2) is 21.2 Å². The van der Waals surface area contributed by atoms with Gasteiger partial charge < -0.3 is 9.73 Å². The molecule has 1 saturated heterocycles. The fraction of sp³-hybridized carbons (Fsp3) is 0.333. The van der Waals surface area contributed by atoms with Gasteiger partial charge in [-0.2, -0.15) is 0 Å². The van der Waals surface area contributed by atoms with Gasteiger partial charge >= 0.3 is 0 Å². The molecule has 4 rings (SSSR count). The average molecular weight is 317 g/mol. The molecule has 1 aliphatic heterocycles. The van der Waals surface area contributed by atoms with Gasteiger partial charge in [-0.1, -0.05) is 12.1 Å². The molecule has 0 amide bonds. The largest absolute Gasteiger partial charge is 0.450 e. The Balaban J connectivity index is 1.64. The van der Waals surface area contributed by atoms with Crippen molar-refractivity contribution in [1.82, 2.24) is 9.97 Å². The summed E-state index contributed by atoms with van der Waals surface area (Å²) in [7, 11) is -2.86. The predicted molar refractivity (Wildman–Crippen MR) is 84.6 cm³/mol. The molecule has 6 nitrogen and oxygen atoms in total. The average Bonchev–Trinajstić information content (AvgIpc) is 3.05. The molecule has 1 atom stereocenters. The summed E-state index contributed by atoms with van der Waals surface area (Å²) in [6.07, 6.45) is 2.20. The van der Waals surface area contributed by atoms with Crippen LogP contribution in [0.1, 0.15) is 6.42 Å². The molecule has 0 saturated carbocycles. The van der Waals surface area contributed by atoms with E-state index in [1.54, 1.807) is 0 Å². The number of para-hydroxylation sites is 1. The quantitative estimate of drug-likeness (QED) is 0.797. The second-order valence-corrected chi connectivity index (χ2v) is 7.88. The Morgan fingerprint density at radius 1 is 1.27 bits per heavy atom. The van der Waals surface area contributed by atoms with Crippen LogP contribution in [0.5, 0.6) is 0 Å². The van der Waals surface area contributed by atoms with Gasteiger partial charge in [-0.25, -0.2) is 18.4 Å². The SMILES string of the molecule is O=S1(=O)CCC(CNc2ncnc3c2oc2ccccc23)C1. The van der Waals surface area contributed by atoms with Crippen LogP contribution in [0.2, 0.25) is 0 Å². The van der Waals surface area contributed by atoms with Gasteiger partial charge in [-0.3, -0.25) is 0 Å². The summed E-state index contributed by atoms with van der Waals surface area (Å²) in [5.74, 6) is 1.27. The molecule has 1 aliphatic rings. The maximum Gasteiger partial charge on any atom is 0.196 e. The van der Waals surface area contributed by atoms with Crippen molar-refractivity contribution in [2.75, 3.05) is 23.4 Å². The lowest BCUT2D eigenvalue weighted by Crippen LogP contribution is -2.16. The van der Waals surface area contributed by atoms with E-state index < -0.39 is 9.84 Å². The van der Waals surface area contributed by atoms with Crippen molar-refractivity contribution in [2.45, 2.75) is 6.42 Å². The molecule has 7 heteroatoms. The molecule has 114 valence electrons. The number of fused-ring (bicyclic) bond motifs is 3. The van der Waals surface area contributed by atoms with Crippen molar-refractivity contribution in [2.24, 2.45) is 5.92 Å². The molecule has 1 fully saturated rings. The number of hydrogen-bond acceptors (Lipinski definition) is 6. The van der Waals surface area contributed by atoms with Crippen LogP contribution < -0.4 is 5.32 Å². The first kappa shape index (κ1) is 13.5. The molecular formula is C15H15N3O3S. The zero-order chi connectivity index (χ0) is 15.2. The highest BCUT2D eigenvalue weighted by atomic mass is 32.2. The Hall–Kier alpha value is -2.15. The first-order valence-electron chi connectivity index (χ1n) is 7.19. The van der Waals surface area contributed by atoms with Gasteiger partial charge in [0, 0.05) is 11.9 Å². The maximum absolute atomic E-state index is 11.5. The molecule has 1 N–H and O–H groups in total. The van der Waals surface area contributed by atoms with E-state index in [2.05, 4.69) is 15.3 Å². The van der Waals surface area contributed by atoms with Crippen LogP contribution in [-0.4, -0.2) is 36.4 Å². The molecule has 0 spiro atoms. The van der Waals surface area contributed by atoms with Crippen molar-refractivity contribution in [1.29, 1.82) is 0 Å². The molecule has 3 aromatic rings. The zero-order valence-corrected chi connectivity index (χ0v) is 12.6. The Labute approximate surface area is 127 Å². The highest BCUT2D eigenvalue weighted by Gasteiger charge is 2.27. The highest BCUT2D eigenvalue weighted by molar-refractivity contribution is 7.91. The van der Waals surface area contributed by atoms with Gasteiger partial charge in [0.2, 0.25) is 0 Å². The Kier molecular flexibility index (Phi) is 3.04. The van der Waals surface area contributed by atoms with Gasteiger partial charge in [0.1, 0.15) is 17.4 Å². The van der Waals surface area contributed by atoms with Crippen LogP contribution in [0.25, 0.3) is 22.1 Å². The van der Waals surface area contributed by atoms with Crippen molar-refractivity contribution >= 4 is 37.7 Å². The first-order chi connectivity index (χ1) is 10.6. The van der Waals surface area contributed by atoms with E-state index in [0.717, 1.165) is 16.5 Å². The molecule has 3 heterocycles. The molecule has 1 unspecified atom stereocenters. The van der Waals surface area contributed by atoms with Crippen LogP contribution in [0.15, 0.2) is 35.0 Å². The van der Waals surface area contributed by atoms with Gasteiger partial charge in [-0.05, 0) is 24.5 Å². The first-order valence-corrected chi connectivity index (χ1v) is 9.01. The number of benzene rings is 1. The van der Waals surface area contributed by atoms with Gasteiger partial charge in [0.05, 0.1) is 11.5 Å². The summed E-state index contributed by atoms with van der Waals surface area (Å²) >= 11 is 0. The molecule has 1 aromatic carbocycles. The van der Waals surface area contributed by atoms with E-state index >= 15 is 0 Å². The predicted octanol–water partition coefficient (Wildman–Crippen LogP) is 2.22. The smallest absolute Gasteiger partial charge is 0.196 e. The summed E-state index contributed by atoms with van der Waals surface area (Å²) in [6.45, 7) is 0.572. The minimum Gasteiger partial charge on any atom is -0.450 e. The van der Waals surface area contributed by atoms with E-state index in [4.69, 9.17) is 4.42 Å².